The molecule has 0 aliphatic carbocycles. The summed E-state index contributed by atoms with van der Waals surface area (Å²) in [5, 5.41) is 6.34. The molecule has 1 aliphatic rings. The fraction of sp³-hybridized carbons (Fsp3) is 0.857. The molecule has 0 spiro atoms. The SMILES string of the molecule is CNCNC1=[N+](C)CCN1C. The summed E-state index contributed by atoms with van der Waals surface area (Å²) in [6.07, 6.45) is 0. The van der Waals surface area contributed by atoms with Crippen molar-refractivity contribution in [3.05, 3.63) is 0 Å². The van der Waals surface area contributed by atoms with E-state index in [2.05, 4.69) is 34.2 Å². The summed E-state index contributed by atoms with van der Waals surface area (Å²) in [7, 11) is 6.13. The minimum atomic E-state index is 0.823. The summed E-state index contributed by atoms with van der Waals surface area (Å²) in [5.41, 5.74) is 0. The van der Waals surface area contributed by atoms with E-state index in [9.17, 15) is 0 Å². The van der Waals surface area contributed by atoms with E-state index in [1.807, 2.05) is 7.05 Å². The molecule has 0 aromatic carbocycles. The van der Waals surface area contributed by atoms with Crippen molar-refractivity contribution < 1.29 is 4.58 Å². The molecule has 0 atom stereocenters. The lowest BCUT2D eigenvalue weighted by Gasteiger charge is -2.07. The maximum absolute atomic E-state index is 3.29. The van der Waals surface area contributed by atoms with Gasteiger partial charge in [-0.2, -0.15) is 0 Å². The van der Waals surface area contributed by atoms with Crippen LogP contribution in [0.3, 0.4) is 0 Å². The second kappa shape index (κ2) is 3.57. The maximum atomic E-state index is 3.29. The second-order valence-electron chi connectivity index (χ2n) is 2.87. The van der Waals surface area contributed by atoms with Crippen LogP contribution in [0, 0.1) is 0 Å². The standard InChI is InChI=1S/C7H16N4/c1-8-6-9-7-10(2)4-5-11(7)3/h8H,4-6H2,1-3H3/p+1. The lowest BCUT2D eigenvalue weighted by Crippen LogP contribution is -2.42. The summed E-state index contributed by atoms with van der Waals surface area (Å²) in [6.45, 7) is 3.05. The van der Waals surface area contributed by atoms with Gasteiger partial charge in [-0.1, -0.05) is 0 Å². The number of likely N-dealkylation sites (N-methyl/N-ethyl adjacent to an activating group) is 2. The molecular formula is C7H17N4+. The van der Waals surface area contributed by atoms with Gasteiger partial charge < -0.3 is 0 Å². The van der Waals surface area contributed by atoms with E-state index < -0.39 is 0 Å². The first-order valence-electron chi connectivity index (χ1n) is 3.93. The van der Waals surface area contributed by atoms with Gasteiger partial charge in [0.2, 0.25) is 0 Å². The molecule has 0 saturated carbocycles. The van der Waals surface area contributed by atoms with E-state index >= 15 is 0 Å². The van der Waals surface area contributed by atoms with Crippen molar-refractivity contribution in [1.82, 2.24) is 15.5 Å². The number of guanidine groups is 1. The van der Waals surface area contributed by atoms with E-state index in [1.54, 1.807) is 0 Å². The second-order valence-corrected chi connectivity index (χ2v) is 2.87. The van der Waals surface area contributed by atoms with Crippen LogP contribution >= 0.6 is 0 Å². The number of hydrogen-bond acceptors (Lipinski definition) is 3. The molecule has 1 aliphatic heterocycles. The topological polar surface area (TPSA) is 30.3 Å². The van der Waals surface area contributed by atoms with E-state index in [0.717, 1.165) is 19.8 Å². The van der Waals surface area contributed by atoms with Crippen LogP contribution in [-0.2, 0) is 0 Å². The molecule has 1 heterocycles. The molecule has 0 aromatic rings. The maximum Gasteiger partial charge on any atom is 0.348 e. The minimum Gasteiger partial charge on any atom is -0.291 e. The Bertz CT molecular complexity index is 164. The zero-order chi connectivity index (χ0) is 8.27. The molecule has 0 aromatic heterocycles. The Hall–Kier alpha value is -0.770. The molecule has 0 saturated heterocycles. The van der Waals surface area contributed by atoms with Crippen molar-refractivity contribution in [3.63, 3.8) is 0 Å². The van der Waals surface area contributed by atoms with E-state index in [1.165, 1.54) is 5.96 Å². The Morgan fingerprint density at radius 3 is 2.82 bits per heavy atom. The number of hydrogen-bond donors (Lipinski definition) is 2. The predicted octanol–water partition coefficient (Wildman–Crippen LogP) is -1.30. The van der Waals surface area contributed by atoms with Gasteiger partial charge in [0.15, 0.2) is 0 Å². The van der Waals surface area contributed by atoms with Gasteiger partial charge in [0.05, 0.1) is 27.2 Å². The zero-order valence-corrected chi connectivity index (χ0v) is 7.52. The van der Waals surface area contributed by atoms with Crippen molar-refractivity contribution in [2.45, 2.75) is 0 Å². The molecule has 4 nitrogen and oxygen atoms in total. The van der Waals surface area contributed by atoms with Crippen LogP contribution in [0.4, 0.5) is 0 Å². The Labute approximate surface area is 67.9 Å². The number of nitrogens with one attached hydrogen (secondary N) is 2. The molecular weight excluding hydrogens is 140 g/mol. The normalized spacial score (nSPS) is 17.9. The Morgan fingerprint density at radius 1 is 1.64 bits per heavy atom. The molecule has 4 heteroatoms. The molecule has 0 bridgehead atoms. The molecule has 0 unspecified atom stereocenters. The predicted molar refractivity (Wildman–Crippen MR) is 45.8 cm³/mol. The molecule has 0 radical (unpaired) electrons. The van der Waals surface area contributed by atoms with E-state index in [0.29, 0.717) is 0 Å². The lowest BCUT2D eigenvalue weighted by atomic mass is 10.6. The van der Waals surface area contributed by atoms with Crippen LogP contribution in [0.5, 0.6) is 0 Å². The third-order valence-corrected chi connectivity index (χ3v) is 1.92. The monoisotopic (exact) mass is 157 g/mol. The van der Waals surface area contributed by atoms with E-state index in [-0.39, 0.29) is 0 Å². The van der Waals surface area contributed by atoms with Crippen LogP contribution in [0.1, 0.15) is 0 Å². The first kappa shape index (κ1) is 8.33. The van der Waals surface area contributed by atoms with Crippen molar-refractivity contribution in [3.8, 4) is 0 Å². The van der Waals surface area contributed by atoms with Gasteiger partial charge in [-0.05, 0) is 7.05 Å². The van der Waals surface area contributed by atoms with E-state index in [4.69, 9.17) is 0 Å². The van der Waals surface area contributed by atoms with Crippen LogP contribution in [-0.4, -0.2) is 56.3 Å². The smallest absolute Gasteiger partial charge is 0.291 e. The zero-order valence-electron chi connectivity index (χ0n) is 7.52. The van der Waals surface area contributed by atoms with Crippen molar-refractivity contribution in [2.24, 2.45) is 0 Å². The van der Waals surface area contributed by atoms with Gasteiger partial charge in [0.25, 0.3) is 0 Å². The first-order chi connectivity index (χ1) is 5.25. The van der Waals surface area contributed by atoms with Crippen LogP contribution in [0.15, 0.2) is 0 Å². The summed E-state index contributed by atoms with van der Waals surface area (Å²) in [5.74, 6) is 1.21. The van der Waals surface area contributed by atoms with Gasteiger partial charge in [-0.3, -0.25) is 20.1 Å². The van der Waals surface area contributed by atoms with Crippen molar-refractivity contribution >= 4 is 5.96 Å². The average Bonchev–Trinajstić information content (AvgIpc) is 2.29. The highest BCUT2D eigenvalue weighted by atomic mass is 15.4. The summed E-state index contributed by atoms with van der Waals surface area (Å²) < 4.78 is 2.22. The van der Waals surface area contributed by atoms with Crippen LogP contribution in [0.2, 0.25) is 0 Å². The lowest BCUT2D eigenvalue weighted by molar-refractivity contribution is -0.488. The third kappa shape index (κ3) is 1.83. The Balaban J connectivity index is 2.46. The van der Waals surface area contributed by atoms with Gasteiger partial charge >= 0.3 is 5.96 Å². The fourth-order valence-electron chi connectivity index (χ4n) is 1.24. The van der Waals surface area contributed by atoms with Crippen LogP contribution in [0.25, 0.3) is 0 Å². The average molecular weight is 157 g/mol. The highest BCUT2D eigenvalue weighted by molar-refractivity contribution is 5.75. The van der Waals surface area contributed by atoms with Gasteiger partial charge in [-0.25, -0.2) is 0 Å². The minimum absolute atomic E-state index is 0.823. The summed E-state index contributed by atoms with van der Waals surface area (Å²) >= 11 is 0. The molecule has 11 heavy (non-hydrogen) atoms. The van der Waals surface area contributed by atoms with Crippen LogP contribution < -0.4 is 10.6 Å². The summed E-state index contributed by atoms with van der Waals surface area (Å²) in [4.78, 5) is 2.22. The van der Waals surface area contributed by atoms with Gasteiger partial charge in [0, 0.05) is 0 Å². The number of nitrogens with zero attached hydrogens (tertiary/aromatic N) is 2. The fourth-order valence-corrected chi connectivity index (χ4v) is 1.24. The van der Waals surface area contributed by atoms with Gasteiger partial charge in [-0.15, -0.1) is 0 Å². The molecule has 0 amide bonds. The Morgan fingerprint density at radius 2 is 2.36 bits per heavy atom. The summed E-state index contributed by atoms with van der Waals surface area (Å²) in [6, 6.07) is 0. The third-order valence-electron chi connectivity index (χ3n) is 1.92. The number of rotatable bonds is 2. The molecule has 64 valence electrons. The molecule has 0 fully saturated rings. The Kier molecular flexibility index (Phi) is 2.70. The van der Waals surface area contributed by atoms with Crippen molar-refractivity contribution in [1.29, 1.82) is 0 Å². The molecule has 2 N–H and O–H groups in total. The highest BCUT2D eigenvalue weighted by Crippen LogP contribution is 1.92. The largest absolute Gasteiger partial charge is 0.348 e. The van der Waals surface area contributed by atoms with Crippen molar-refractivity contribution in [2.75, 3.05) is 40.9 Å². The highest BCUT2D eigenvalue weighted by Gasteiger charge is 2.22. The molecule has 1 rings (SSSR count). The van der Waals surface area contributed by atoms with Gasteiger partial charge in [0.1, 0.15) is 6.67 Å². The quantitative estimate of drug-likeness (QED) is 0.386. The first-order valence-corrected chi connectivity index (χ1v) is 3.93.